The van der Waals surface area contributed by atoms with Crippen molar-refractivity contribution in [3.8, 4) is 5.75 Å². The summed E-state index contributed by atoms with van der Waals surface area (Å²) in [5, 5.41) is 8.72. The second-order valence-electron chi connectivity index (χ2n) is 6.11. The molecule has 24 heavy (non-hydrogen) atoms. The fourth-order valence-electron chi connectivity index (χ4n) is 3.01. The van der Waals surface area contributed by atoms with Gasteiger partial charge in [-0.3, -0.25) is 9.59 Å². The molecule has 1 heterocycles. The van der Waals surface area contributed by atoms with E-state index < -0.39 is 12.6 Å². The van der Waals surface area contributed by atoms with E-state index in [1.165, 1.54) is 0 Å². The quantitative estimate of drug-likeness (QED) is 0.838. The molecule has 0 radical (unpaired) electrons. The summed E-state index contributed by atoms with van der Waals surface area (Å²) < 4.78 is 5.27. The molecule has 2 amide bonds. The number of rotatable bonds is 5. The van der Waals surface area contributed by atoms with Crippen LogP contribution in [-0.4, -0.2) is 47.5 Å². The molecule has 1 atom stereocenters. The molecule has 0 aromatic heterocycles. The largest absolute Gasteiger partial charge is 0.481 e. The number of aliphatic carboxylic acids is 1. The van der Waals surface area contributed by atoms with Gasteiger partial charge in [0.25, 0.3) is 5.91 Å². The molecule has 1 aliphatic rings. The number of primary amides is 1. The lowest BCUT2D eigenvalue weighted by atomic mass is 9.96. The minimum Gasteiger partial charge on any atom is -0.481 e. The Hall–Kier alpha value is -2.57. The van der Waals surface area contributed by atoms with Crippen molar-refractivity contribution in [1.29, 1.82) is 0 Å². The van der Waals surface area contributed by atoms with Crippen molar-refractivity contribution in [2.75, 3.05) is 19.7 Å². The maximum atomic E-state index is 12.7. The number of ether oxygens (including phenoxy) is 1. The zero-order valence-corrected chi connectivity index (χ0v) is 13.9. The predicted molar refractivity (Wildman–Crippen MR) is 86.9 cm³/mol. The molecule has 0 aliphatic carbocycles. The Morgan fingerprint density at radius 3 is 2.46 bits per heavy atom. The first-order valence-electron chi connectivity index (χ1n) is 7.84. The number of nitrogens with two attached hydrogens (primary N) is 1. The lowest BCUT2D eigenvalue weighted by Gasteiger charge is -2.31. The number of hydrogen-bond acceptors (Lipinski definition) is 4. The molecule has 1 aliphatic heterocycles. The number of likely N-dealkylation sites (tertiary alicyclic amines) is 1. The molecule has 0 saturated carbocycles. The summed E-state index contributed by atoms with van der Waals surface area (Å²) in [5.74, 6) is -1.42. The van der Waals surface area contributed by atoms with E-state index in [0.717, 1.165) is 6.42 Å². The van der Waals surface area contributed by atoms with Crippen LogP contribution in [0, 0.1) is 19.8 Å². The zero-order valence-electron chi connectivity index (χ0n) is 13.9. The van der Waals surface area contributed by atoms with Crippen molar-refractivity contribution in [2.24, 2.45) is 11.7 Å². The fraction of sp³-hybridized carbons (Fsp3) is 0.471. The van der Waals surface area contributed by atoms with Gasteiger partial charge in [0.1, 0.15) is 5.75 Å². The molecule has 1 unspecified atom stereocenters. The number of carboxylic acids is 1. The molecule has 1 aromatic rings. The van der Waals surface area contributed by atoms with E-state index in [-0.39, 0.29) is 17.7 Å². The summed E-state index contributed by atoms with van der Waals surface area (Å²) in [4.78, 5) is 36.3. The van der Waals surface area contributed by atoms with Gasteiger partial charge in [0.2, 0.25) is 5.91 Å². The first kappa shape index (κ1) is 17.8. The van der Waals surface area contributed by atoms with Crippen LogP contribution in [0.3, 0.4) is 0 Å². The Morgan fingerprint density at radius 1 is 1.29 bits per heavy atom. The summed E-state index contributed by atoms with van der Waals surface area (Å²) in [6.45, 7) is 4.04. The highest BCUT2D eigenvalue weighted by Gasteiger charge is 2.28. The zero-order chi connectivity index (χ0) is 17.9. The Balaban J connectivity index is 2.18. The summed E-state index contributed by atoms with van der Waals surface area (Å²) in [6.07, 6.45) is 1.45. The summed E-state index contributed by atoms with van der Waals surface area (Å²) in [6, 6.07) is 3.36. The minimum atomic E-state index is -1.06. The van der Waals surface area contributed by atoms with Gasteiger partial charge in [0, 0.05) is 18.7 Å². The Bertz CT molecular complexity index is 648. The van der Waals surface area contributed by atoms with Gasteiger partial charge < -0.3 is 20.5 Å². The average molecular weight is 334 g/mol. The van der Waals surface area contributed by atoms with E-state index in [9.17, 15) is 14.4 Å². The summed E-state index contributed by atoms with van der Waals surface area (Å²) in [5.41, 5.74) is 7.25. The van der Waals surface area contributed by atoms with E-state index >= 15 is 0 Å². The predicted octanol–water partition coefficient (Wildman–Crippen LogP) is 1.10. The number of piperidine rings is 1. The van der Waals surface area contributed by atoms with E-state index in [2.05, 4.69) is 0 Å². The van der Waals surface area contributed by atoms with E-state index in [1.54, 1.807) is 30.9 Å². The van der Waals surface area contributed by atoms with Crippen molar-refractivity contribution in [3.05, 3.63) is 28.8 Å². The van der Waals surface area contributed by atoms with Crippen molar-refractivity contribution in [2.45, 2.75) is 26.7 Å². The van der Waals surface area contributed by atoms with Crippen LogP contribution < -0.4 is 10.5 Å². The fourth-order valence-corrected chi connectivity index (χ4v) is 3.01. The monoisotopic (exact) mass is 334 g/mol. The second kappa shape index (κ2) is 7.33. The molecule has 1 fully saturated rings. The third-order valence-electron chi connectivity index (χ3n) is 4.16. The Labute approximate surface area is 140 Å². The van der Waals surface area contributed by atoms with Gasteiger partial charge in [-0.25, -0.2) is 4.79 Å². The smallest absolute Gasteiger partial charge is 0.341 e. The standard InChI is InChI=1S/C17H22N2O5/c1-10-6-13(7-11(2)15(10)24-9-14(20)21)17(23)19-5-3-4-12(8-19)16(18)22/h6-7,12H,3-5,8-9H2,1-2H3,(H2,18,22)(H,20,21). The van der Waals surface area contributed by atoms with E-state index in [0.29, 0.717) is 42.0 Å². The normalized spacial score (nSPS) is 17.4. The molecule has 0 spiro atoms. The molecule has 1 aromatic carbocycles. The van der Waals surface area contributed by atoms with Crippen LogP contribution in [0.4, 0.5) is 0 Å². The van der Waals surface area contributed by atoms with E-state index in [1.807, 2.05) is 0 Å². The van der Waals surface area contributed by atoms with Gasteiger partial charge in [0.15, 0.2) is 6.61 Å². The SMILES string of the molecule is Cc1cc(C(=O)N2CCCC(C(N)=O)C2)cc(C)c1OCC(=O)O. The lowest BCUT2D eigenvalue weighted by Crippen LogP contribution is -2.44. The van der Waals surface area contributed by atoms with Gasteiger partial charge in [-0.15, -0.1) is 0 Å². The molecule has 1 saturated heterocycles. The van der Waals surface area contributed by atoms with Crippen LogP contribution in [0.1, 0.15) is 34.3 Å². The Morgan fingerprint density at radius 2 is 1.92 bits per heavy atom. The highest BCUT2D eigenvalue weighted by atomic mass is 16.5. The van der Waals surface area contributed by atoms with E-state index in [4.69, 9.17) is 15.6 Å². The number of carbonyl (C=O) groups is 3. The number of nitrogens with zero attached hydrogens (tertiary/aromatic N) is 1. The third-order valence-corrected chi connectivity index (χ3v) is 4.16. The van der Waals surface area contributed by atoms with Crippen LogP contribution in [-0.2, 0) is 9.59 Å². The van der Waals surface area contributed by atoms with Crippen molar-refractivity contribution in [1.82, 2.24) is 4.90 Å². The number of carboxylic acid groups (broad SMARTS) is 1. The maximum Gasteiger partial charge on any atom is 0.341 e. The number of hydrogen-bond donors (Lipinski definition) is 2. The van der Waals surface area contributed by atoms with Crippen LogP contribution in [0.25, 0.3) is 0 Å². The minimum absolute atomic E-state index is 0.156. The molecule has 2 rings (SSSR count). The molecular weight excluding hydrogens is 312 g/mol. The Kier molecular flexibility index (Phi) is 5.43. The molecule has 0 bridgehead atoms. The highest BCUT2D eigenvalue weighted by molar-refractivity contribution is 5.95. The van der Waals surface area contributed by atoms with Crippen LogP contribution in [0.15, 0.2) is 12.1 Å². The van der Waals surface area contributed by atoms with Gasteiger partial charge in [0.05, 0.1) is 5.92 Å². The van der Waals surface area contributed by atoms with Gasteiger partial charge in [-0.2, -0.15) is 0 Å². The highest BCUT2D eigenvalue weighted by Crippen LogP contribution is 2.26. The maximum absolute atomic E-state index is 12.7. The lowest BCUT2D eigenvalue weighted by molar-refractivity contribution is -0.139. The van der Waals surface area contributed by atoms with Gasteiger partial charge in [-0.1, -0.05) is 0 Å². The third kappa shape index (κ3) is 4.04. The number of carbonyl (C=O) groups excluding carboxylic acids is 2. The number of aryl methyl sites for hydroxylation is 2. The molecule has 7 nitrogen and oxygen atoms in total. The average Bonchev–Trinajstić information content (AvgIpc) is 2.53. The topological polar surface area (TPSA) is 110 Å². The first-order chi connectivity index (χ1) is 11.3. The van der Waals surface area contributed by atoms with Crippen LogP contribution in [0.5, 0.6) is 5.75 Å². The van der Waals surface area contributed by atoms with Crippen LogP contribution in [0.2, 0.25) is 0 Å². The number of benzene rings is 1. The van der Waals surface area contributed by atoms with Crippen LogP contribution >= 0.6 is 0 Å². The first-order valence-corrected chi connectivity index (χ1v) is 7.84. The van der Waals surface area contributed by atoms with Gasteiger partial charge >= 0.3 is 5.97 Å². The number of amides is 2. The molecule has 3 N–H and O–H groups in total. The second-order valence-corrected chi connectivity index (χ2v) is 6.11. The van der Waals surface area contributed by atoms with Gasteiger partial charge in [-0.05, 0) is 49.9 Å². The molecular formula is C17H22N2O5. The summed E-state index contributed by atoms with van der Waals surface area (Å²) >= 11 is 0. The molecule has 130 valence electrons. The van der Waals surface area contributed by atoms with Crippen molar-refractivity contribution in [3.63, 3.8) is 0 Å². The summed E-state index contributed by atoms with van der Waals surface area (Å²) in [7, 11) is 0. The molecule has 7 heteroatoms. The van der Waals surface area contributed by atoms with Crippen molar-refractivity contribution < 1.29 is 24.2 Å². The van der Waals surface area contributed by atoms with Crippen molar-refractivity contribution >= 4 is 17.8 Å².